The zero-order valence-electron chi connectivity index (χ0n) is 15.3. The molecule has 1 heterocycles. The molecular weight excluding hydrogens is 383 g/mol. The Kier molecular flexibility index (Phi) is 6.06. The van der Waals surface area contributed by atoms with Crippen LogP contribution < -0.4 is 15.4 Å². The first-order valence-electron chi connectivity index (χ1n) is 8.43. The number of nitrogens with zero attached hydrogens (tertiary/aromatic N) is 2. The van der Waals surface area contributed by atoms with Crippen LogP contribution in [-0.4, -0.2) is 23.0 Å². The molecule has 2 aromatic carbocycles. The monoisotopic (exact) mass is 400 g/mol. The Morgan fingerprint density at radius 2 is 2.04 bits per heavy atom. The van der Waals surface area contributed by atoms with Crippen molar-refractivity contribution in [3.63, 3.8) is 0 Å². The van der Waals surface area contributed by atoms with Gasteiger partial charge in [-0.15, -0.1) is 0 Å². The van der Waals surface area contributed by atoms with Crippen molar-refractivity contribution >= 4 is 29.1 Å². The number of aromatic nitrogens is 2. The number of anilines is 2. The van der Waals surface area contributed by atoms with Gasteiger partial charge in [0.2, 0.25) is 5.95 Å². The van der Waals surface area contributed by atoms with Gasteiger partial charge in [0.25, 0.3) is 5.91 Å². The molecule has 8 heteroatoms. The molecule has 3 rings (SSSR count). The van der Waals surface area contributed by atoms with E-state index in [9.17, 15) is 9.18 Å². The molecule has 6 nitrogen and oxygen atoms in total. The molecule has 0 spiro atoms. The summed E-state index contributed by atoms with van der Waals surface area (Å²) in [5, 5.41) is 6.09. The highest BCUT2D eigenvalue weighted by Gasteiger charge is 2.13. The van der Waals surface area contributed by atoms with Gasteiger partial charge in [0.05, 0.1) is 23.4 Å². The standard InChI is InChI=1S/C20H18ClFN4O2/c1-12-15(19(27)26-14-7-8-18(28-2)16(21)9-14)11-24-20(25-12)23-10-13-5-3-4-6-17(13)22/h3-9,11H,10H2,1-2H3,(H,26,27)(H,23,24,25). The maximum atomic E-state index is 13.7. The number of halogens is 2. The number of amides is 1. The maximum absolute atomic E-state index is 13.7. The quantitative estimate of drug-likeness (QED) is 0.639. The summed E-state index contributed by atoms with van der Waals surface area (Å²) in [7, 11) is 1.52. The molecule has 0 saturated carbocycles. The molecule has 1 aromatic heterocycles. The lowest BCUT2D eigenvalue weighted by Crippen LogP contribution is -2.16. The van der Waals surface area contributed by atoms with Gasteiger partial charge in [-0.05, 0) is 31.2 Å². The van der Waals surface area contributed by atoms with Crippen molar-refractivity contribution in [3.8, 4) is 5.75 Å². The molecule has 0 radical (unpaired) electrons. The Hall–Kier alpha value is -3.19. The van der Waals surface area contributed by atoms with Crippen molar-refractivity contribution in [2.75, 3.05) is 17.7 Å². The Balaban J connectivity index is 1.68. The summed E-state index contributed by atoms with van der Waals surface area (Å²) in [6.45, 7) is 1.94. The predicted octanol–water partition coefficient (Wildman–Crippen LogP) is 4.45. The summed E-state index contributed by atoms with van der Waals surface area (Å²) in [4.78, 5) is 20.9. The second-order valence-corrected chi connectivity index (χ2v) is 6.35. The largest absolute Gasteiger partial charge is 0.495 e. The van der Waals surface area contributed by atoms with Crippen molar-refractivity contribution in [1.82, 2.24) is 9.97 Å². The molecule has 0 fully saturated rings. The number of benzene rings is 2. The van der Waals surface area contributed by atoms with Gasteiger partial charge in [0.15, 0.2) is 0 Å². The van der Waals surface area contributed by atoms with Gasteiger partial charge in [-0.25, -0.2) is 14.4 Å². The summed E-state index contributed by atoms with van der Waals surface area (Å²) in [5.74, 6) is 0.162. The topological polar surface area (TPSA) is 76.1 Å². The minimum atomic E-state index is -0.362. The van der Waals surface area contributed by atoms with Gasteiger partial charge in [0.1, 0.15) is 11.6 Å². The summed E-state index contributed by atoms with van der Waals surface area (Å²) >= 11 is 6.07. The summed E-state index contributed by atoms with van der Waals surface area (Å²) in [5.41, 5.74) is 1.84. The van der Waals surface area contributed by atoms with E-state index in [-0.39, 0.29) is 18.3 Å². The van der Waals surface area contributed by atoms with Crippen LogP contribution in [0.25, 0.3) is 0 Å². The lowest BCUT2D eigenvalue weighted by Gasteiger charge is -2.11. The summed E-state index contributed by atoms with van der Waals surface area (Å²) < 4.78 is 18.8. The van der Waals surface area contributed by atoms with Crippen LogP contribution in [0.4, 0.5) is 16.0 Å². The van der Waals surface area contributed by atoms with Crippen LogP contribution in [0, 0.1) is 12.7 Å². The van der Waals surface area contributed by atoms with E-state index in [2.05, 4.69) is 20.6 Å². The number of methoxy groups -OCH3 is 1. The van der Waals surface area contributed by atoms with Crippen LogP contribution in [0.1, 0.15) is 21.6 Å². The first-order chi connectivity index (χ1) is 13.5. The van der Waals surface area contributed by atoms with Crippen LogP contribution in [0.15, 0.2) is 48.7 Å². The minimum Gasteiger partial charge on any atom is -0.495 e. The van der Waals surface area contributed by atoms with Crippen LogP contribution in [0.2, 0.25) is 5.02 Å². The highest BCUT2D eigenvalue weighted by Crippen LogP contribution is 2.27. The Labute approximate surface area is 166 Å². The van der Waals surface area contributed by atoms with Crippen molar-refractivity contribution in [3.05, 3.63) is 76.3 Å². The van der Waals surface area contributed by atoms with Crippen LogP contribution >= 0.6 is 11.6 Å². The third kappa shape index (κ3) is 4.55. The number of nitrogens with one attached hydrogen (secondary N) is 2. The predicted molar refractivity (Wildman–Crippen MR) is 106 cm³/mol. The molecule has 0 aliphatic rings. The fourth-order valence-electron chi connectivity index (χ4n) is 2.53. The fraction of sp³-hybridized carbons (Fsp3) is 0.150. The normalized spacial score (nSPS) is 10.4. The van der Waals surface area contributed by atoms with E-state index in [0.717, 1.165) is 0 Å². The number of ether oxygens (including phenoxy) is 1. The minimum absolute atomic E-state index is 0.238. The van der Waals surface area contributed by atoms with Gasteiger partial charge in [-0.1, -0.05) is 29.8 Å². The zero-order valence-corrected chi connectivity index (χ0v) is 16.0. The van der Waals surface area contributed by atoms with Gasteiger partial charge < -0.3 is 15.4 Å². The third-order valence-electron chi connectivity index (χ3n) is 4.03. The lowest BCUT2D eigenvalue weighted by atomic mass is 10.2. The lowest BCUT2D eigenvalue weighted by molar-refractivity contribution is 0.102. The third-order valence-corrected chi connectivity index (χ3v) is 4.32. The van der Waals surface area contributed by atoms with E-state index < -0.39 is 0 Å². The molecule has 0 atom stereocenters. The van der Waals surface area contributed by atoms with E-state index in [0.29, 0.717) is 39.2 Å². The van der Waals surface area contributed by atoms with Gasteiger partial charge in [-0.3, -0.25) is 4.79 Å². The second kappa shape index (κ2) is 8.67. The smallest absolute Gasteiger partial charge is 0.259 e. The molecule has 28 heavy (non-hydrogen) atoms. The van der Waals surface area contributed by atoms with Crippen LogP contribution in [0.3, 0.4) is 0 Å². The van der Waals surface area contributed by atoms with E-state index in [1.807, 2.05) is 0 Å². The van der Waals surface area contributed by atoms with Gasteiger partial charge in [-0.2, -0.15) is 0 Å². The average Bonchev–Trinajstić information content (AvgIpc) is 2.67. The summed E-state index contributed by atoms with van der Waals surface area (Å²) in [6, 6.07) is 11.4. The van der Waals surface area contributed by atoms with Crippen molar-refractivity contribution in [2.24, 2.45) is 0 Å². The van der Waals surface area contributed by atoms with E-state index >= 15 is 0 Å². The molecule has 0 saturated heterocycles. The van der Waals surface area contributed by atoms with Gasteiger partial charge >= 0.3 is 0 Å². The molecule has 144 valence electrons. The number of hydrogen-bond donors (Lipinski definition) is 2. The molecule has 3 aromatic rings. The van der Waals surface area contributed by atoms with Crippen LogP contribution in [0.5, 0.6) is 5.75 Å². The molecular formula is C20H18ClFN4O2. The zero-order chi connectivity index (χ0) is 20.1. The molecule has 0 unspecified atom stereocenters. The number of rotatable bonds is 6. The van der Waals surface area contributed by atoms with Crippen molar-refractivity contribution in [2.45, 2.75) is 13.5 Å². The summed E-state index contributed by atoms with van der Waals surface area (Å²) in [6.07, 6.45) is 1.42. The average molecular weight is 401 g/mol. The van der Waals surface area contributed by atoms with Crippen LogP contribution in [-0.2, 0) is 6.54 Å². The molecule has 0 aliphatic heterocycles. The number of hydrogen-bond acceptors (Lipinski definition) is 5. The van der Waals surface area contributed by atoms with Crippen molar-refractivity contribution < 1.29 is 13.9 Å². The molecule has 1 amide bonds. The number of aryl methyl sites for hydroxylation is 1. The Morgan fingerprint density at radius 1 is 1.25 bits per heavy atom. The first-order valence-corrected chi connectivity index (χ1v) is 8.81. The SMILES string of the molecule is COc1ccc(NC(=O)c2cnc(NCc3ccccc3F)nc2C)cc1Cl. The Morgan fingerprint density at radius 3 is 2.71 bits per heavy atom. The van der Waals surface area contributed by atoms with Gasteiger partial charge in [0, 0.05) is 24.0 Å². The molecule has 2 N–H and O–H groups in total. The first kappa shape index (κ1) is 19.6. The highest BCUT2D eigenvalue weighted by molar-refractivity contribution is 6.32. The maximum Gasteiger partial charge on any atom is 0.259 e. The van der Waals surface area contributed by atoms with E-state index in [4.69, 9.17) is 16.3 Å². The fourth-order valence-corrected chi connectivity index (χ4v) is 2.79. The van der Waals surface area contributed by atoms with Crippen molar-refractivity contribution in [1.29, 1.82) is 0 Å². The second-order valence-electron chi connectivity index (χ2n) is 5.94. The molecule has 0 bridgehead atoms. The molecule has 0 aliphatic carbocycles. The van der Waals surface area contributed by atoms with E-state index in [1.54, 1.807) is 43.3 Å². The number of carbonyl (C=O) groups excluding carboxylic acids is 1. The number of carbonyl (C=O) groups is 1. The Bertz CT molecular complexity index is 1010. The highest BCUT2D eigenvalue weighted by atomic mass is 35.5. The van der Waals surface area contributed by atoms with E-state index in [1.165, 1.54) is 19.4 Å².